The third kappa shape index (κ3) is 4.67. The summed E-state index contributed by atoms with van der Waals surface area (Å²) < 4.78 is 7.83. The molecule has 4 heterocycles. The van der Waals surface area contributed by atoms with Crippen LogP contribution in [-0.2, 0) is 17.8 Å². The highest BCUT2D eigenvalue weighted by atomic mass is 32.1. The number of piperazine rings is 1. The Morgan fingerprint density at radius 3 is 2.72 bits per heavy atom. The zero-order chi connectivity index (χ0) is 16.9. The van der Waals surface area contributed by atoms with E-state index in [9.17, 15) is 0 Å². The number of ether oxygens (including phenoxy) is 1. The molecule has 2 fully saturated rings. The molecule has 0 spiro atoms. The SMILES string of the molecule is c1ncn(CCN2CCN(Cc3ccc([C@H]4CCCCO4)s3)CC2)n1. The van der Waals surface area contributed by atoms with Crippen LogP contribution in [0.1, 0.15) is 35.1 Å². The molecule has 0 amide bonds. The highest BCUT2D eigenvalue weighted by Crippen LogP contribution is 2.33. The van der Waals surface area contributed by atoms with Gasteiger partial charge in [0.05, 0.1) is 12.6 Å². The average Bonchev–Trinajstić information content (AvgIpc) is 3.34. The minimum absolute atomic E-state index is 0.348. The summed E-state index contributed by atoms with van der Waals surface area (Å²) in [6.45, 7) is 8.55. The number of hydrogen-bond acceptors (Lipinski definition) is 6. The summed E-state index contributed by atoms with van der Waals surface area (Å²) in [4.78, 5) is 12.0. The molecule has 136 valence electrons. The van der Waals surface area contributed by atoms with Gasteiger partial charge in [0.15, 0.2) is 0 Å². The summed E-state index contributed by atoms with van der Waals surface area (Å²) in [6, 6.07) is 4.58. The first kappa shape index (κ1) is 17.1. The molecule has 2 aromatic rings. The standard InChI is InChI=1S/C18H27N5OS/c1-2-12-24-17(3-1)18-5-4-16(25-18)13-22-8-6-21(7-9-22)10-11-23-15-19-14-20-23/h4-5,14-15,17H,1-3,6-13H2/t17-/m1/s1. The Hall–Kier alpha value is -1.28. The smallest absolute Gasteiger partial charge is 0.137 e. The maximum atomic E-state index is 5.92. The van der Waals surface area contributed by atoms with Gasteiger partial charge in [-0.05, 0) is 31.4 Å². The van der Waals surface area contributed by atoms with Gasteiger partial charge in [0, 0.05) is 55.6 Å². The minimum Gasteiger partial charge on any atom is -0.373 e. The zero-order valence-electron chi connectivity index (χ0n) is 14.7. The van der Waals surface area contributed by atoms with Crippen LogP contribution in [0.2, 0.25) is 0 Å². The van der Waals surface area contributed by atoms with E-state index in [1.165, 1.54) is 29.0 Å². The lowest BCUT2D eigenvalue weighted by atomic mass is 10.1. The largest absolute Gasteiger partial charge is 0.373 e. The molecular formula is C18H27N5OS. The number of hydrogen-bond donors (Lipinski definition) is 0. The first-order valence-corrected chi connectivity index (χ1v) is 10.2. The van der Waals surface area contributed by atoms with Crippen LogP contribution in [0, 0.1) is 0 Å². The Bertz CT molecular complexity index is 630. The second kappa shape index (κ2) is 8.40. The van der Waals surface area contributed by atoms with Crippen molar-refractivity contribution in [1.82, 2.24) is 24.6 Å². The van der Waals surface area contributed by atoms with Crippen LogP contribution < -0.4 is 0 Å². The lowest BCUT2D eigenvalue weighted by Gasteiger charge is -2.34. The van der Waals surface area contributed by atoms with Crippen molar-refractivity contribution in [2.45, 2.75) is 38.5 Å². The lowest BCUT2D eigenvalue weighted by molar-refractivity contribution is 0.0172. The first-order valence-electron chi connectivity index (χ1n) is 9.34. The van der Waals surface area contributed by atoms with Crippen molar-refractivity contribution in [3.63, 3.8) is 0 Å². The molecule has 0 radical (unpaired) electrons. The quantitative estimate of drug-likeness (QED) is 0.791. The molecule has 0 N–H and O–H groups in total. The highest BCUT2D eigenvalue weighted by Gasteiger charge is 2.20. The molecule has 2 aliphatic rings. The molecule has 1 atom stereocenters. The van der Waals surface area contributed by atoms with E-state index in [2.05, 4.69) is 32.0 Å². The second-order valence-corrected chi connectivity index (χ2v) is 8.14. The summed E-state index contributed by atoms with van der Waals surface area (Å²) >= 11 is 1.94. The van der Waals surface area contributed by atoms with Gasteiger partial charge in [0.25, 0.3) is 0 Å². The Kier molecular flexibility index (Phi) is 5.76. The molecule has 7 heteroatoms. The van der Waals surface area contributed by atoms with E-state index >= 15 is 0 Å². The summed E-state index contributed by atoms with van der Waals surface area (Å²) in [6.07, 6.45) is 7.45. The third-order valence-corrected chi connectivity index (χ3v) is 6.30. The first-order chi connectivity index (χ1) is 12.4. The van der Waals surface area contributed by atoms with Crippen molar-refractivity contribution in [2.75, 3.05) is 39.3 Å². The average molecular weight is 362 g/mol. The summed E-state index contributed by atoms with van der Waals surface area (Å²) in [7, 11) is 0. The molecule has 0 aliphatic carbocycles. The maximum absolute atomic E-state index is 5.92. The van der Waals surface area contributed by atoms with E-state index < -0.39 is 0 Å². The summed E-state index contributed by atoms with van der Waals surface area (Å²) in [5.74, 6) is 0. The highest BCUT2D eigenvalue weighted by molar-refractivity contribution is 7.12. The molecule has 2 aliphatic heterocycles. The van der Waals surface area contributed by atoms with Crippen molar-refractivity contribution >= 4 is 11.3 Å². The molecule has 0 saturated carbocycles. The molecule has 2 aromatic heterocycles. The van der Waals surface area contributed by atoms with E-state index in [1.54, 1.807) is 12.7 Å². The van der Waals surface area contributed by atoms with Crippen LogP contribution in [0.15, 0.2) is 24.8 Å². The van der Waals surface area contributed by atoms with Crippen molar-refractivity contribution in [3.8, 4) is 0 Å². The van der Waals surface area contributed by atoms with Crippen LogP contribution >= 0.6 is 11.3 Å². The monoisotopic (exact) mass is 361 g/mol. The van der Waals surface area contributed by atoms with Gasteiger partial charge < -0.3 is 4.74 Å². The van der Waals surface area contributed by atoms with E-state index in [4.69, 9.17) is 4.74 Å². The van der Waals surface area contributed by atoms with E-state index in [1.807, 2.05) is 16.0 Å². The van der Waals surface area contributed by atoms with Gasteiger partial charge in [-0.3, -0.25) is 14.5 Å². The Labute approximate surface area is 153 Å². The Morgan fingerprint density at radius 2 is 1.96 bits per heavy atom. The van der Waals surface area contributed by atoms with Crippen LogP contribution in [0.25, 0.3) is 0 Å². The van der Waals surface area contributed by atoms with Crippen LogP contribution in [0.4, 0.5) is 0 Å². The van der Waals surface area contributed by atoms with Gasteiger partial charge in [-0.15, -0.1) is 11.3 Å². The molecular weight excluding hydrogens is 334 g/mol. The van der Waals surface area contributed by atoms with Gasteiger partial charge in [-0.2, -0.15) is 5.10 Å². The van der Waals surface area contributed by atoms with Crippen molar-refractivity contribution in [1.29, 1.82) is 0 Å². The fraction of sp³-hybridized carbons (Fsp3) is 0.667. The second-order valence-electron chi connectivity index (χ2n) is 6.94. The fourth-order valence-corrected chi connectivity index (χ4v) is 4.74. The van der Waals surface area contributed by atoms with Crippen molar-refractivity contribution in [2.24, 2.45) is 0 Å². The lowest BCUT2D eigenvalue weighted by Crippen LogP contribution is -2.46. The van der Waals surface area contributed by atoms with Crippen molar-refractivity contribution < 1.29 is 4.74 Å². The Balaban J connectivity index is 1.21. The van der Waals surface area contributed by atoms with Gasteiger partial charge in [-0.25, -0.2) is 4.98 Å². The minimum atomic E-state index is 0.348. The summed E-state index contributed by atoms with van der Waals surface area (Å²) in [5, 5.41) is 4.17. The van der Waals surface area contributed by atoms with Crippen LogP contribution in [-0.4, -0.2) is 63.9 Å². The van der Waals surface area contributed by atoms with Gasteiger partial charge in [-0.1, -0.05) is 0 Å². The Morgan fingerprint density at radius 1 is 1.08 bits per heavy atom. The number of rotatable bonds is 6. The summed E-state index contributed by atoms with van der Waals surface area (Å²) in [5.41, 5.74) is 0. The normalized spacial score (nSPS) is 23.1. The number of thiophene rings is 1. The van der Waals surface area contributed by atoms with E-state index in [0.717, 1.165) is 52.4 Å². The molecule has 6 nitrogen and oxygen atoms in total. The predicted octanol–water partition coefficient (Wildman–Crippen LogP) is 2.40. The van der Waals surface area contributed by atoms with Gasteiger partial charge >= 0.3 is 0 Å². The third-order valence-electron chi connectivity index (χ3n) is 5.14. The number of aromatic nitrogens is 3. The fourth-order valence-electron chi connectivity index (χ4n) is 3.60. The number of nitrogens with zero attached hydrogens (tertiary/aromatic N) is 5. The predicted molar refractivity (Wildman–Crippen MR) is 98.6 cm³/mol. The van der Waals surface area contributed by atoms with Crippen LogP contribution in [0.5, 0.6) is 0 Å². The molecule has 0 aromatic carbocycles. The topological polar surface area (TPSA) is 46.4 Å². The van der Waals surface area contributed by atoms with Gasteiger partial charge in [0.2, 0.25) is 0 Å². The van der Waals surface area contributed by atoms with E-state index in [-0.39, 0.29) is 0 Å². The molecule has 4 rings (SSSR count). The molecule has 0 unspecified atom stereocenters. The van der Waals surface area contributed by atoms with Crippen molar-refractivity contribution in [3.05, 3.63) is 34.5 Å². The maximum Gasteiger partial charge on any atom is 0.137 e. The zero-order valence-corrected chi connectivity index (χ0v) is 15.5. The molecule has 25 heavy (non-hydrogen) atoms. The van der Waals surface area contributed by atoms with Crippen LogP contribution in [0.3, 0.4) is 0 Å². The van der Waals surface area contributed by atoms with E-state index in [0.29, 0.717) is 6.10 Å². The van der Waals surface area contributed by atoms with Gasteiger partial charge in [0.1, 0.15) is 12.7 Å². The molecule has 0 bridgehead atoms. The molecule has 2 saturated heterocycles.